The van der Waals surface area contributed by atoms with E-state index in [4.69, 9.17) is 0 Å². The Morgan fingerprint density at radius 2 is 1.40 bits per heavy atom. The summed E-state index contributed by atoms with van der Waals surface area (Å²) in [6, 6.07) is 23.1. The first-order chi connectivity index (χ1) is 12.3. The molecule has 0 atom stereocenters. The molecule has 0 fully saturated rings. The third-order valence-corrected chi connectivity index (χ3v) is 6.59. The highest BCUT2D eigenvalue weighted by Crippen LogP contribution is 2.36. The SMILES string of the molecule is CCc1ccc2cc3c(ccc4c5cc(CC)sc5ccc34)cc2c1. The Bertz CT molecular complexity index is 1260. The summed E-state index contributed by atoms with van der Waals surface area (Å²) < 4.78 is 1.40. The van der Waals surface area contributed by atoms with Gasteiger partial charge < -0.3 is 0 Å². The standard InChI is InChI=1S/C24H20S/c1-3-15-5-6-16-13-22-17(12-18(16)11-15)7-8-21-20(22)9-10-24-23(21)14-19(4-2)25-24/h5-14H,3-4H2,1-2H3. The van der Waals surface area contributed by atoms with Crippen LogP contribution >= 0.6 is 11.3 Å². The average Bonchev–Trinajstić information content (AvgIpc) is 3.09. The van der Waals surface area contributed by atoms with Crippen molar-refractivity contribution < 1.29 is 0 Å². The van der Waals surface area contributed by atoms with Crippen molar-refractivity contribution in [1.29, 1.82) is 0 Å². The van der Waals surface area contributed by atoms with Gasteiger partial charge in [0.2, 0.25) is 0 Å². The zero-order valence-electron chi connectivity index (χ0n) is 14.6. The van der Waals surface area contributed by atoms with Crippen molar-refractivity contribution in [2.75, 3.05) is 0 Å². The molecule has 1 aromatic heterocycles. The summed E-state index contributed by atoms with van der Waals surface area (Å²) in [5.74, 6) is 0. The molecule has 0 aliphatic carbocycles. The Morgan fingerprint density at radius 1 is 0.600 bits per heavy atom. The Kier molecular flexibility index (Phi) is 3.33. The largest absolute Gasteiger partial charge is 0.140 e. The number of hydrogen-bond acceptors (Lipinski definition) is 1. The smallest absolute Gasteiger partial charge is 0.0352 e. The zero-order chi connectivity index (χ0) is 17.0. The zero-order valence-corrected chi connectivity index (χ0v) is 15.4. The summed E-state index contributed by atoms with van der Waals surface area (Å²) >= 11 is 1.92. The van der Waals surface area contributed by atoms with Crippen LogP contribution in [0.3, 0.4) is 0 Å². The van der Waals surface area contributed by atoms with Gasteiger partial charge in [0, 0.05) is 15.0 Å². The molecule has 0 unspecified atom stereocenters. The average molecular weight is 340 g/mol. The lowest BCUT2D eigenvalue weighted by Crippen LogP contribution is -1.83. The first-order valence-electron chi connectivity index (χ1n) is 9.07. The van der Waals surface area contributed by atoms with E-state index >= 15 is 0 Å². The van der Waals surface area contributed by atoms with Crippen molar-refractivity contribution >= 4 is 53.7 Å². The van der Waals surface area contributed by atoms with Gasteiger partial charge in [0.1, 0.15) is 0 Å². The predicted molar refractivity (Wildman–Crippen MR) is 113 cm³/mol. The van der Waals surface area contributed by atoms with Crippen LogP contribution < -0.4 is 0 Å². The normalized spacial score (nSPS) is 11.9. The maximum Gasteiger partial charge on any atom is 0.0352 e. The van der Waals surface area contributed by atoms with Crippen LogP contribution in [0.5, 0.6) is 0 Å². The molecule has 0 aliphatic heterocycles. The lowest BCUT2D eigenvalue weighted by molar-refractivity contribution is 1.15. The molecule has 0 radical (unpaired) electrons. The number of thiophene rings is 1. The van der Waals surface area contributed by atoms with Gasteiger partial charge in [-0.15, -0.1) is 11.3 Å². The van der Waals surface area contributed by atoms with E-state index in [9.17, 15) is 0 Å². The van der Waals surface area contributed by atoms with E-state index in [2.05, 4.69) is 74.5 Å². The predicted octanol–water partition coefficient (Wildman–Crippen LogP) is 7.49. The lowest BCUT2D eigenvalue weighted by atomic mass is 9.96. The minimum atomic E-state index is 1.08. The second-order valence-electron chi connectivity index (χ2n) is 6.81. The fraction of sp³-hybridized carbons (Fsp3) is 0.167. The van der Waals surface area contributed by atoms with Gasteiger partial charge in [0.05, 0.1) is 0 Å². The van der Waals surface area contributed by atoms with Gasteiger partial charge in [-0.3, -0.25) is 0 Å². The van der Waals surface area contributed by atoms with Gasteiger partial charge in [-0.25, -0.2) is 0 Å². The summed E-state index contributed by atoms with van der Waals surface area (Å²) in [4.78, 5) is 1.47. The van der Waals surface area contributed by atoms with Crippen LogP contribution in [0.4, 0.5) is 0 Å². The van der Waals surface area contributed by atoms with E-state index in [1.807, 2.05) is 11.3 Å². The maximum absolute atomic E-state index is 2.38. The minimum absolute atomic E-state index is 1.08. The first kappa shape index (κ1) is 14.9. The van der Waals surface area contributed by atoms with Gasteiger partial charge in [0.25, 0.3) is 0 Å². The van der Waals surface area contributed by atoms with Crippen LogP contribution in [0.25, 0.3) is 42.4 Å². The monoisotopic (exact) mass is 340 g/mol. The second-order valence-corrected chi connectivity index (χ2v) is 7.98. The molecule has 5 rings (SSSR count). The van der Waals surface area contributed by atoms with Crippen molar-refractivity contribution in [3.05, 3.63) is 71.1 Å². The molecular weight excluding hydrogens is 320 g/mol. The summed E-state index contributed by atoms with van der Waals surface area (Å²) in [6.07, 6.45) is 2.19. The van der Waals surface area contributed by atoms with E-state index in [-0.39, 0.29) is 0 Å². The van der Waals surface area contributed by atoms with Crippen LogP contribution in [0.1, 0.15) is 24.3 Å². The van der Waals surface area contributed by atoms with E-state index in [0.717, 1.165) is 12.8 Å². The Hall–Kier alpha value is -2.38. The van der Waals surface area contributed by atoms with Crippen LogP contribution in [0.2, 0.25) is 0 Å². The van der Waals surface area contributed by atoms with E-state index in [1.165, 1.54) is 52.8 Å². The maximum atomic E-state index is 2.38. The molecule has 0 nitrogen and oxygen atoms in total. The molecular formula is C24H20S. The Balaban J connectivity index is 1.88. The van der Waals surface area contributed by atoms with E-state index in [0.29, 0.717) is 0 Å². The first-order valence-corrected chi connectivity index (χ1v) is 9.89. The lowest BCUT2D eigenvalue weighted by Gasteiger charge is -2.08. The molecule has 0 spiro atoms. The third kappa shape index (κ3) is 2.26. The van der Waals surface area contributed by atoms with Crippen molar-refractivity contribution in [3.8, 4) is 0 Å². The molecule has 5 aromatic rings. The molecule has 0 saturated heterocycles. The quantitative estimate of drug-likeness (QED) is 0.231. The van der Waals surface area contributed by atoms with E-state index in [1.54, 1.807) is 0 Å². The Labute approximate surface area is 151 Å². The molecule has 0 aliphatic rings. The number of hydrogen-bond donors (Lipinski definition) is 0. The van der Waals surface area contributed by atoms with Gasteiger partial charge in [-0.2, -0.15) is 0 Å². The molecule has 122 valence electrons. The molecule has 0 bridgehead atoms. The molecule has 0 N–H and O–H groups in total. The van der Waals surface area contributed by atoms with Gasteiger partial charge in [-0.05, 0) is 75.0 Å². The fourth-order valence-corrected chi connectivity index (χ4v) is 4.92. The van der Waals surface area contributed by atoms with Crippen LogP contribution in [-0.2, 0) is 12.8 Å². The highest BCUT2D eigenvalue weighted by molar-refractivity contribution is 7.19. The molecule has 0 saturated carbocycles. The van der Waals surface area contributed by atoms with Crippen molar-refractivity contribution in [2.45, 2.75) is 26.7 Å². The van der Waals surface area contributed by atoms with Crippen LogP contribution in [0.15, 0.2) is 60.7 Å². The molecule has 25 heavy (non-hydrogen) atoms. The minimum Gasteiger partial charge on any atom is -0.140 e. The van der Waals surface area contributed by atoms with Crippen molar-refractivity contribution in [2.24, 2.45) is 0 Å². The Morgan fingerprint density at radius 3 is 2.24 bits per heavy atom. The molecule has 1 heterocycles. The number of fused-ring (bicyclic) bond motifs is 6. The van der Waals surface area contributed by atoms with Gasteiger partial charge in [-0.1, -0.05) is 50.2 Å². The number of rotatable bonds is 2. The van der Waals surface area contributed by atoms with E-state index < -0.39 is 0 Å². The summed E-state index contributed by atoms with van der Waals surface area (Å²) in [7, 11) is 0. The highest BCUT2D eigenvalue weighted by atomic mass is 32.1. The van der Waals surface area contributed by atoms with Crippen LogP contribution in [0, 0.1) is 0 Å². The second kappa shape index (κ2) is 5.57. The van der Waals surface area contributed by atoms with Crippen molar-refractivity contribution in [1.82, 2.24) is 0 Å². The highest BCUT2D eigenvalue weighted by Gasteiger charge is 2.08. The summed E-state index contributed by atoms with van der Waals surface area (Å²) in [5, 5.41) is 9.52. The fourth-order valence-electron chi connectivity index (χ4n) is 3.90. The summed E-state index contributed by atoms with van der Waals surface area (Å²) in [5.41, 5.74) is 1.40. The van der Waals surface area contributed by atoms with Crippen molar-refractivity contribution in [3.63, 3.8) is 0 Å². The number of benzene rings is 4. The molecule has 4 aromatic carbocycles. The molecule has 1 heteroatoms. The van der Waals surface area contributed by atoms with Crippen LogP contribution in [-0.4, -0.2) is 0 Å². The summed E-state index contributed by atoms with van der Waals surface area (Å²) in [6.45, 7) is 4.45. The topological polar surface area (TPSA) is 0 Å². The molecule has 0 amide bonds. The number of aryl methyl sites for hydroxylation is 2. The van der Waals surface area contributed by atoms with Gasteiger partial charge in [0.15, 0.2) is 0 Å². The third-order valence-electron chi connectivity index (χ3n) is 5.34. The van der Waals surface area contributed by atoms with Gasteiger partial charge >= 0.3 is 0 Å².